The van der Waals surface area contributed by atoms with Gasteiger partial charge in [-0.25, -0.2) is 13.2 Å². The highest BCUT2D eigenvalue weighted by molar-refractivity contribution is 7.89. The molecule has 0 saturated heterocycles. The number of rotatable bonds is 7. The van der Waals surface area contributed by atoms with Crippen LogP contribution in [0.4, 0.5) is 0 Å². The quantitative estimate of drug-likeness (QED) is 0.726. The van der Waals surface area contributed by atoms with E-state index in [2.05, 4.69) is 9.46 Å². The van der Waals surface area contributed by atoms with Crippen molar-refractivity contribution in [1.82, 2.24) is 4.72 Å². The number of methoxy groups -OCH3 is 1. The first kappa shape index (κ1) is 20.6. The normalized spacial score (nSPS) is 11.1. The summed E-state index contributed by atoms with van der Waals surface area (Å²) in [5.41, 5.74) is 2.73. The SMILES string of the molecule is COC(=O)c1cccc(COC(=O)CNS(=O)(=O)c2ccc(C)c(C)c2)c1. The van der Waals surface area contributed by atoms with Crippen molar-refractivity contribution in [2.24, 2.45) is 0 Å². The predicted molar refractivity (Wildman–Crippen MR) is 98.7 cm³/mol. The number of nitrogens with one attached hydrogen (secondary N) is 1. The smallest absolute Gasteiger partial charge is 0.337 e. The number of carbonyl (C=O) groups excluding carboxylic acids is 2. The van der Waals surface area contributed by atoms with E-state index in [0.29, 0.717) is 11.1 Å². The summed E-state index contributed by atoms with van der Waals surface area (Å²) in [6, 6.07) is 11.2. The highest BCUT2D eigenvalue weighted by Crippen LogP contribution is 2.14. The topological polar surface area (TPSA) is 98.8 Å². The third-order valence-electron chi connectivity index (χ3n) is 3.94. The molecule has 1 N–H and O–H groups in total. The summed E-state index contributed by atoms with van der Waals surface area (Å²) in [5, 5.41) is 0. The van der Waals surface area contributed by atoms with Crippen molar-refractivity contribution in [2.75, 3.05) is 13.7 Å². The van der Waals surface area contributed by atoms with Gasteiger partial charge in [0.1, 0.15) is 13.2 Å². The van der Waals surface area contributed by atoms with Crippen LogP contribution in [-0.4, -0.2) is 34.0 Å². The molecule has 0 saturated carbocycles. The van der Waals surface area contributed by atoms with Gasteiger partial charge in [0.15, 0.2) is 0 Å². The zero-order valence-corrected chi connectivity index (χ0v) is 16.1. The second kappa shape index (κ2) is 8.79. The second-order valence-electron chi connectivity index (χ2n) is 5.92. The van der Waals surface area contributed by atoms with Crippen LogP contribution in [0, 0.1) is 13.8 Å². The van der Waals surface area contributed by atoms with Crippen LogP contribution in [0.3, 0.4) is 0 Å². The lowest BCUT2D eigenvalue weighted by Crippen LogP contribution is -2.30. The number of esters is 2. The molecule has 0 atom stereocenters. The number of carbonyl (C=O) groups is 2. The molecule has 0 aliphatic rings. The molecule has 0 aliphatic carbocycles. The van der Waals surface area contributed by atoms with E-state index in [1.165, 1.54) is 13.2 Å². The first-order valence-electron chi connectivity index (χ1n) is 8.13. The van der Waals surface area contributed by atoms with Gasteiger partial charge in [0.25, 0.3) is 0 Å². The molecule has 8 heteroatoms. The van der Waals surface area contributed by atoms with Gasteiger partial charge in [-0.05, 0) is 54.8 Å². The average molecular weight is 391 g/mol. The molecule has 0 radical (unpaired) electrons. The Morgan fingerprint density at radius 3 is 2.44 bits per heavy atom. The van der Waals surface area contributed by atoms with Crippen molar-refractivity contribution in [3.63, 3.8) is 0 Å². The Bertz CT molecular complexity index is 952. The van der Waals surface area contributed by atoms with E-state index in [-0.39, 0.29) is 11.5 Å². The summed E-state index contributed by atoms with van der Waals surface area (Å²) < 4.78 is 36.4. The number of sulfonamides is 1. The van der Waals surface area contributed by atoms with Crippen molar-refractivity contribution in [3.8, 4) is 0 Å². The summed E-state index contributed by atoms with van der Waals surface area (Å²) in [6.07, 6.45) is 0. The van der Waals surface area contributed by atoms with Gasteiger partial charge in [-0.1, -0.05) is 18.2 Å². The van der Waals surface area contributed by atoms with E-state index in [4.69, 9.17) is 4.74 Å². The van der Waals surface area contributed by atoms with E-state index in [0.717, 1.165) is 11.1 Å². The number of ether oxygens (including phenoxy) is 2. The maximum Gasteiger partial charge on any atom is 0.337 e. The molecular formula is C19H21NO6S. The molecule has 0 unspecified atom stereocenters. The lowest BCUT2D eigenvalue weighted by Gasteiger charge is -2.09. The average Bonchev–Trinajstić information content (AvgIpc) is 2.66. The monoisotopic (exact) mass is 391 g/mol. The molecule has 0 aromatic heterocycles. The zero-order chi connectivity index (χ0) is 20.0. The van der Waals surface area contributed by atoms with Crippen molar-refractivity contribution < 1.29 is 27.5 Å². The van der Waals surface area contributed by atoms with Crippen LogP contribution in [0.1, 0.15) is 27.0 Å². The van der Waals surface area contributed by atoms with Gasteiger partial charge < -0.3 is 9.47 Å². The molecule has 2 rings (SSSR count). The summed E-state index contributed by atoms with van der Waals surface area (Å²) in [6.45, 7) is 3.11. The van der Waals surface area contributed by atoms with E-state index in [9.17, 15) is 18.0 Å². The Morgan fingerprint density at radius 1 is 1.04 bits per heavy atom. The molecule has 0 bridgehead atoms. The van der Waals surface area contributed by atoms with Crippen LogP contribution < -0.4 is 4.72 Å². The molecule has 0 aliphatic heterocycles. The Labute approximate surface area is 158 Å². The minimum atomic E-state index is -3.81. The standard InChI is InChI=1S/C19H21NO6S/c1-13-7-8-17(9-14(13)2)27(23,24)20-11-18(21)26-12-15-5-4-6-16(10-15)19(22)25-3/h4-10,20H,11-12H2,1-3H3. The van der Waals surface area contributed by atoms with Crippen molar-refractivity contribution in [1.29, 1.82) is 0 Å². The molecular weight excluding hydrogens is 370 g/mol. The van der Waals surface area contributed by atoms with Gasteiger partial charge in [-0.3, -0.25) is 4.79 Å². The van der Waals surface area contributed by atoms with E-state index in [1.54, 1.807) is 36.4 Å². The fraction of sp³-hybridized carbons (Fsp3) is 0.263. The number of aryl methyl sites for hydroxylation is 2. The highest BCUT2D eigenvalue weighted by Gasteiger charge is 2.17. The highest BCUT2D eigenvalue weighted by atomic mass is 32.2. The minimum Gasteiger partial charge on any atom is -0.465 e. The Morgan fingerprint density at radius 2 is 1.78 bits per heavy atom. The van der Waals surface area contributed by atoms with Crippen molar-refractivity contribution in [2.45, 2.75) is 25.3 Å². The summed E-state index contributed by atoms with van der Waals surface area (Å²) in [4.78, 5) is 23.4. The third kappa shape index (κ3) is 5.63. The lowest BCUT2D eigenvalue weighted by atomic mass is 10.1. The van der Waals surface area contributed by atoms with E-state index < -0.39 is 28.5 Å². The largest absolute Gasteiger partial charge is 0.465 e. The van der Waals surface area contributed by atoms with Gasteiger partial charge >= 0.3 is 11.9 Å². The molecule has 144 valence electrons. The van der Waals surface area contributed by atoms with Gasteiger partial charge in [0, 0.05) is 0 Å². The summed E-state index contributed by atoms with van der Waals surface area (Å²) in [5.74, 6) is -1.23. The van der Waals surface area contributed by atoms with Crippen LogP contribution in [0.15, 0.2) is 47.4 Å². The minimum absolute atomic E-state index is 0.0872. The number of hydrogen-bond donors (Lipinski definition) is 1. The Kier molecular flexibility index (Phi) is 6.70. The Hall–Kier alpha value is -2.71. The number of hydrogen-bond acceptors (Lipinski definition) is 6. The van der Waals surface area contributed by atoms with Crippen LogP contribution in [0.5, 0.6) is 0 Å². The fourth-order valence-corrected chi connectivity index (χ4v) is 3.29. The van der Waals surface area contributed by atoms with Crippen LogP contribution in [0.25, 0.3) is 0 Å². The van der Waals surface area contributed by atoms with E-state index in [1.807, 2.05) is 13.8 Å². The second-order valence-corrected chi connectivity index (χ2v) is 7.69. The molecule has 2 aromatic carbocycles. The van der Waals surface area contributed by atoms with Gasteiger partial charge in [-0.15, -0.1) is 0 Å². The first-order valence-corrected chi connectivity index (χ1v) is 9.61. The van der Waals surface area contributed by atoms with Gasteiger partial charge in [0.2, 0.25) is 10.0 Å². The first-order chi connectivity index (χ1) is 12.7. The van der Waals surface area contributed by atoms with Gasteiger partial charge in [0.05, 0.1) is 17.6 Å². The van der Waals surface area contributed by atoms with Gasteiger partial charge in [-0.2, -0.15) is 4.72 Å². The Balaban J connectivity index is 1.92. The molecule has 0 heterocycles. The van der Waals surface area contributed by atoms with Crippen molar-refractivity contribution in [3.05, 3.63) is 64.7 Å². The molecule has 27 heavy (non-hydrogen) atoms. The summed E-state index contributed by atoms with van der Waals surface area (Å²) in [7, 11) is -2.54. The van der Waals surface area contributed by atoms with Crippen LogP contribution in [-0.2, 0) is 30.9 Å². The molecule has 0 spiro atoms. The molecule has 2 aromatic rings. The molecule has 7 nitrogen and oxygen atoms in total. The maximum atomic E-state index is 12.3. The van der Waals surface area contributed by atoms with Crippen LogP contribution >= 0.6 is 0 Å². The predicted octanol–water partition coefficient (Wildman–Crippen LogP) is 2.11. The van der Waals surface area contributed by atoms with Crippen molar-refractivity contribution >= 4 is 22.0 Å². The van der Waals surface area contributed by atoms with Crippen LogP contribution in [0.2, 0.25) is 0 Å². The number of benzene rings is 2. The molecule has 0 fully saturated rings. The van der Waals surface area contributed by atoms with E-state index >= 15 is 0 Å². The lowest BCUT2D eigenvalue weighted by molar-refractivity contribution is -0.143. The maximum absolute atomic E-state index is 12.3. The fourth-order valence-electron chi connectivity index (χ4n) is 2.24. The summed E-state index contributed by atoms with van der Waals surface area (Å²) >= 11 is 0. The molecule has 0 amide bonds. The zero-order valence-electron chi connectivity index (χ0n) is 15.3. The third-order valence-corrected chi connectivity index (χ3v) is 5.34.